The number of sulfone groups is 1. The molecule has 2 N–H and O–H groups in total. The summed E-state index contributed by atoms with van der Waals surface area (Å²) < 4.78 is 34.8. The molecule has 1 aromatic carbocycles. The molecule has 0 saturated heterocycles. The minimum atomic E-state index is -3.44. The van der Waals surface area contributed by atoms with Crippen LogP contribution in [0.5, 0.6) is 11.5 Å². The fourth-order valence-electron chi connectivity index (χ4n) is 1.97. The number of ether oxygens (including phenoxy) is 2. The smallest absolute Gasteiger partial charge is 0.180 e. The third-order valence-electron chi connectivity index (χ3n) is 2.73. The van der Waals surface area contributed by atoms with Gasteiger partial charge in [0.2, 0.25) is 0 Å². The van der Waals surface area contributed by atoms with Gasteiger partial charge in [0.15, 0.2) is 21.3 Å². The lowest BCUT2D eigenvalue weighted by Gasteiger charge is -2.27. The van der Waals surface area contributed by atoms with Crippen molar-refractivity contribution in [3.8, 4) is 11.5 Å². The van der Waals surface area contributed by atoms with Gasteiger partial charge < -0.3 is 15.2 Å². The second-order valence-corrected chi connectivity index (χ2v) is 6.91. The van der Waals surface area contributed by atoms with Crippen molar-refractivity contribution in [2.75, 3.05) is 19.5 Å². The van der Waals surface area contributed by atoms with Crippen molar-refractivity contribution < 1.29 is 17.9 Å². The Labute approximate surface area is 107 Å². The van der Waals surface area contributed by atoms with E-state index in [9.17, 15) is 8.42 Å². The molecule has 1 heterocycles. The van der Waals surface area contributed by atoms with Gasteiger partial charge in [-0.3, -0.25) is 0 Å². The van der Waals surface area contributed by atoms with Crippen LogP contribution < -0.4 is 15.2 Å². The Bertz CT molecular complexity index is 572. The van der Waals surface area contributed by atoms with Crippen molar-refractivity contribution >= 4 is 9.84 Å². The first-order valence-electron chi connectivity index (χ1n) is 5.63. The third kappa shape index (κ3) is 2.30. The minimum absolute atomic E-state index is 0.132. The molecule has 0 unspecified atom stereocenters. The summed E-state index contributed by atoms with van der Waals surface area (Å²) in [4.78, 5) is 0.132. The molecule has 18 heavy (non-hydrogen) atoms. The number of hydrogen-bond acceptors (Lipinski definition) is 5. The summed E-state index contributed by atoms with van der Waals surface area (Å²) in [6, 6.07) is 3.39. The molecule has 0 spiro atoms. The van der Waals surface area contributed by atoms with E-state index in [0.29, 0.717) is 24.5 Å². The highest BCUT2D eigenvalue weighted by Gasteiger charge is 2.31. The van der Waals surface area contributed by atoms with Gasteiger partial charge in [-0.1, -0.05) is 6.07 Å². The first-order valence-corrected chi connectivity index (χ1v) is 7.52. The molecule has 1 aromatic rings. The Morgan fingerprint density at radius 1 is 1.22 bits per heavy atom. The van der Waals surface area contributed by atoms with Gasteiger partial charge >= 0.3 is 0 Å². The lowest BCUT2D eigenvalue weighted by atomic mass is 9.95. The zero-order valence-electron chi connectivity index (χ0n) is 10.7. The van der Waals surface area contributed by atoms with Crippen LogP contribution in [0, 0.1) is 0 Å². The molecule has 1 aliphatic rings. The molecule has 0 saturated carbocycles. The summed E-state index contributed by atoms with van der Waals surface area (Å²) in [5.74, 6) is 0.731. The van der Waals surface area contributed by atoms with E-state index in [1.165, 1.54) is 0 Å². The lowest BCUT2D eigenvalue weighted by molar-refractivity contribution is 0.166. The summed E-state index contributed by atoms with van der Waals surface area (Å²) in [5, 5.41) is 0. The molecule has 100 valence electrons. The van der Waals surface area contributed by atoms with Crippen LogP contribution in [0.15, 0.2) is 17.0 Å². The molecule has 0 bridgehead atoms. The van der Waals surface area contributed by atoms with Gasteiger partial charge in [0.1, 0.15) is 18.1 Å². The molecule has 0 fully saturated rings. The largest absolute Gasteiger partial charge is 0.486 e. The molecule has 0 radical (unpaired) electrons. The van der Waals surface area contributed by atoms with Crippen LogP contribution >= 0.6 is 0 Å². The maximum absolute atomic E-state index is 12.0. The zero-order valence-corrected chi connectivity index (χ0v) is 11.5. The van der Waals surface area contributed by atoms with E-state index < -0.39 is 15.4 Å². The first-order chi connectivity index (χ1) is 8.21. The minimum Gasteiger partial charge on any atom is -0.486 e. The Hall–Kier alpha value is -1.27. The topological polar surface area (TPSA) is 78.6 Å². The Kier molecular flexibility index (Phi) is 3.03. The molecular weight excluding hydrogens is 254 g/mol. The van der Waals surface area contributed by atoms with Gasteiger partial charge in [-0.15, -0.1) is 0 Å². The van der Waals surface area contributed by atoms with Crippen molar-refractivity contribution in [2.24, 2.45) is 5.73 Å². The van der Waals surface area contributed by atoms with E-state index in [-0.39, 0.29) is 10.6 Å². The van der Waals surface area contributed by atoms with E-state index in [4.69, 9.17) is 15.2 Å². The monoisotopic (exact) mass is 271 g/mol. The van der Waals surface area contributed by atoms with Gasteiger partial charge in [-0.05, 0) is 25.5 Å². The van der Waals surface area contributed by atoms with E-state index >= 15 is 0 Å². The highest BCUT2D eigenvalue weighted by atomic mass is 32.2. The summed E-state index contributed by atoms with van der Waals surface area (Å²) in [5.41, 5.74) is 5.79. The number of benzene rings is 1. The summed E-state index contributed by atoms with van der Waals surface area (Å²) in [6.07, 6.45) is 1.15. The number of nitrogens with two attached hydrogens (primary N) is 1. The fourth-order valence-corrected chi connectivity index (χ4v) is 3.19. The molecule has 0 amide bonds. The molecule has 0 atom stereocenters. The SMILES string of the molecule is CC(C)(N)c1ccc2c(c1S(C)(=O)=O)OCCO2. The molecule has 0 aliphatic carbocycles. The van der Waals surface area contributed by atoms with Crippen molar-refractivity contribution in [3.05, 3.63) is 17.7 Å². The van der Waals surface area contributed by atoms with E-state index in [1.807, 2.05) is 0 Å². The normalized spacial score (nSPS) is 15.6. The van der Waals surface area contributed by atoms with Crippen molar-refractivity contribution in [2.45, 2.75) is 24.3 Å². The Morgan fingerprint density at radius 2 is 1.83 bits per heavy atom. The molecule has 6 heteroatoms. The van der Waals surface area contributed by atoms with Gasteiger partial charge in [0.05, 0.1) is 0 Å². The van der Waals surface area contributed by atoms with E-state index in [1.54, 1.807) is 26.0 Å². The molecular formula is C12H17NO4S. The quantitative estimate of drug-likeness (QED) is 0.870. The van der Waals surface area contributed by atoms with E-state index in [2.05, 4.69) is 0 Å². The van der Waals surface area contributed by atoms with Crippen LogP contribution in [0.25, 0.3) is 0 Å². The van der Waals surface area contributed by atoms with Crippen molar-refractivity contribution in [1.82, 2.24) is 0 Å². The summed E-state index contributed by atoms with van der Waals surface area (Å²) >= 11 is 0. The van der Waals surface area contributed by atoms with Crippen LogP contribution in [-0.2, 0) is 15.4 Å². The Balaban J connectivity index is 2.78. The van der Waals surface area contributed by atoms with Crippen LogP contribution in [0.4, 0.5) is 0 Å². The number of hydrogen-bond donors (Lipinski definition) is 1. The van der Waals surface area contributed by atoms with Crippen LogP contribution in [-0.4, -0.2) is 27.9 Å². The molecule has 1 aliphatic heterocycles. The summed E-state index contributed by atoms with van der Waals surface area (Å²) in [6.45, 7) is 4.27. The predicted octanol–water partition coefficient (Wildman–Crippen LogP) is 1.06. The van der Waals surface area contributed by atoms with Gasteiger partial charge in [-0.2, -0.15) is 0 Å². The van der Waals surface area contributed by atoms with Gasteiger partial charge in [-0.25, -0.2) is 8.42 Å². The van der Waals surface area contributed by atoms with Crippen molar-refractivity contribution in [3.63, 3.8) is 0 Å². The zero-order chi connectivity index (χ0) is 13.6. The average Bonchev–Trinajstić information content (AvgIpc) is 2.24. The molecule has 0 aromatic heterocycles. The van der Waals surface area contributed by atoms with Crippen molar-refractivity contribution in [1.29, 1.82) is 0 Å². The highest BCUT2D eigenvalue weighted by molar-refractivity contribution is 7.90. The number of fused-ring (bicyclic) bond motifs is 1. The van der Waals surface area contributed by atoms with Gasteiger partial charge in [0.25, 0.3) is 0 Å². The molecule has 5 nitrogen and oxygen atoms in total. The fraction of sp³-hybridized carbons (Fsp3) is 0.500. The third-order valence-corrected chi connectivity index (χ3v) is 3.88. The summed E-state index contributed by atoms with van der Waals surface area (Å²) in [7, 11) is -3.44. The lowest BCUT2D eigenvalue weighted by Crippen LogP contribution is -2.31. The van der Waals surface area contributed by atoms with E-state index in [0.717, 1.165) is 6.26 Å². The van der Waals surface area contributed by atoms with Crippen LogP contribution in [0.3, 0.4) is 0 Å². The molecule has 2 rings (SSSR count). The average molecular weight is 271 g/mol. The standard InChI is InChI=1S/C12H17NO4S/c1-12(2,13)8-4-5-9-10(17-7-6-16-9)11(8)18(3,14)15/h4-5H,6-7,13H2,1-3H3. The van der Waals surface area contributed by atoms with Crippen LogP contribution in [0.1, 0.15) is 19.4 Å². The second-order valence-electron chi connectivity index (χ2n) is 4.96. The number of rotatable bonds is 2. The maximum atomic E-state index is 12.0. The maximum Gasteiger partial charge on any atom is 0.180 e. The van der Waals surface area contributed by atoms with Gasteiger partial charge in [0, 0.05) is 11.8 Å². The first kappa shape index (κ1) is 13.2. The van der Waals surface area contributed by atoms with Crippen LogP contribution in [0.2, 0.25) is 0 Å². The Morgan fingerprint density at radius 3 is 2.39 bits per heavy atom. The predicted molar refractivity (Wildman–Crippen MR) is 67.8 cm³/mol. The highest BCUT2D eigenvalue weighted by Crippen LogP contribution is 2.41. The second kappa shape index (κ2) is 4.13.